The van der Waals surface area contributed by atoms with Gasteiger partial charge in [-0.2, -0.15) is 0 Å². The van der Waals surface area contributed by atoms with Gasteiger partial charge in [-0.15, -0.1) is 0 Å². The molecule has 2 nitrogen and oxygen atoms in total. The SMILES string of the molecule is CCCCCO[Si](C)(C)OCc1ccc(Cl)cc1. The third-order valence-corrected chi connectivity index (χ3v) is 4.69. The second-order valence-electron chi connectivity index (χ2n) is 4.87. The monoisotopic (exact) mass is 286 g/mol. The van der Waals surface area contributed by atoms with E-state index in [-0.39, 0.29) is 0 Å². The Morgan fingerprint density at radius 2 is 1.72 bits per heavy atom. The van der Waals surface area contributed by atoms with E-state index in [1.165, 1.54) is 12.8 Å². The van der Waals surface area contributed by atoms with Gasteiger partial charge in [0.25, 0.3) is 0 Å². The predicted octanol–water partition coefficient (Wildman–Crippen LogP) is 4.77. The number of benzene rings is 1. The van der Waals surface area contributed by atoms with Crippen molar-refractivity contribution < 1.29 is 8.85 Å². The van der Waals surface area contributed by atoms with Crippen LogP contribution in [0, 0.1) is 0 Å². The van der Waals surface area contributed by atoms with E-state index >= 15 is 0 Å². The van der Waals surface area contributed by atoms with Crippen LogP contribution in [0.2, 0.25) is 18.1 Å². The van der Waals surface area contributed by atoms with E-state index in [0.29, 0.717) is 6.61 Å². The Balaban J connectivity index is 2.29. The minimum atomic E-state index is -1.98. The van der Waals surface area contributed by atoms with Crippen LogP contribution in [0.5, 0.6) is 0 Å². The van der Waals surface area contributed by atoms with Crippen LogP contribution in [0.3, 0.4) is 0 Å². The van der Waals surface area contributed by atoms with Crippen molar-refractivity contribution in [3.8, 4) is 0 Å². The normalized spacial score (nSPS) is 11.8. The van der Waals surface area contributed by atoms with E-state index in [0.717, 1.165) is 23.6 Å². The van der Waals surface area contributed by atoms with Crippen molar-refractivity contribution in [3.05, 3.63) is 34.9 Å². The Bertz CT molecular complexity index is 338. The smallest absolute Gasteiger partial charge is 0.332 e. The van der Waals surface area contributed by atoms with Crippen LogP contribution in [0.4, 0.5) is 0 Å². The van der Waals surface area contributed by atoms with Gasteiger partial charge in [-0.25, -0.2) is 0 Å². The first-order chi connectivity index (χ1) is 8.53. The summed E-state index contributed by atoms with van der Waals surface area (Å²) in [5.41, 5.74) is 1.14. The molecule has 0 radical (unpaired) electrons. The fourth-order valence-electron chi connectivity index (χ4n) is 1.55. The zero-order valence-corrected chi connectivity index (χ0v) is 13.3. The maximum absolute atomic E-state index is 5.91. The highest BCUT2D eigenvalue weighted by molar-refractivity contribution is 6.64. The van der Waals surface area contributed by atoms with Gasteiger partial charge in [-0.3, -0.25) is 0 Å². The molecule has 4 heteroatoms. The fraction of sp³-hybridized carbons (Fsp3) is 0.571. The summed E-state index contributed by atoms with van der Waals surface area (Å²) in [6.45, 7) is 7.79. The average molecular weight is 287 g/mol. The molecule has 0 atom stereocenters. The van der Waals surface area contributed by atoms with Crippen molar-refractivity contribution in [1.29, 1.82) is 0 Å². The molecule has 1 aromatic carbocycles. The maximum Gasteiger partial charge on any atom is 0.332 e. The fourth-order valence-corrected chi connectivity index (χ4v) is 2.91. The third-order valence-electron chi connectivity index (χ3n) is 2.70. The van der Waals surface area contributed by atoms with Gasteiger partial charge in [0, 0.05) is 11.6 Å². The van der Waals surface area contributed by atoms with Crippen molar-refractivity contribution in [1.82, 2.24) is 0 Å². The van der Waals surface area contributed by atoms with Gasteiger partial charge in [-0.1, -0.05) is 43.5 Å². The molecule has 18 heavy (non-hydrogen) atoms. The molecule has 0 saturated heterocycles. The van der Waals surface area contributed by atoms with E-state index in [1.807, 2.05) is 24.3 Å². The Morgan fingerprint density at radius 3 is 2.33 bits per heavy atom. The summed E-state index contributed by atoms with van der Waals surface area (Å²) in [6.07, 6.45) is 3.57. The lowest BCUT2D eigenvalue weighted by atomic mass is 10.2. The van der Waals surface area contributed by atoms with Crippen LogP contribution in [0.25, 0.3) is 0 Å². The largest absolute Gasteiger partial charge is 0.395 e. The lowest BCUT2D eigenvalue weighted by molar-refractivity contribution is 0.169. The molecule has 0 aliphatic heterocycles. The first-order valence-corrected chi connectivity index (χ1v) is 9.75. The van der Waals surface area contributed by atoms with Crippen molar-refractivity contribution >= 4 is 20.2 Å². The molecule has 0 fully saturated rings. The van der Waals surface area contributed by atoms with Gasteiger partial charge >= 0.3 is 8.56 Å². The molecule has 0 aliphatic rings. The molecule has 0 heterocycles. The summed E-state index contributed by atoms with van der Waals surface area (Å²) in [6, 6.07) is 7.75. The van der Waals surface area contributed by atoms with Crippen LogP contribution >= 0.6 is 11.6 Å². The van der Waals surface area contributed by atoms with Gasteiger partial charge in [-0.05, 0) is 37.2 Å². The van der Waals surface area contributed by atoms with Crippen molar-refractivity contribution in [2.24, 2.45) is 0 Å². The molecule has 0 aromatic heterocycles. The highest BCUT2D eigenvalue weighted by Crippen LogP contribution is 2.14. The van der Waals surface area contributed by atoms with E-state index in [4.69, 9.17) is 20.5 Å². The summed E-state index contributed by atoms with van der Waals surface area (Å²) in [7, 11) is -1.98. The summed E-state index contributed by atoms with van der Waals surface area (Å²) < 4.78 is 11.8. The molecule has 102 valence electrons. The molecule has 0 aliphatic carbocycles. The first-order valence-electron chi connectivity index (χ1n) is 6.56. The zero-order valence-electron chi connectivity index (χ0n) is 11.5. The van der Waals surface area contributed by atoms with Crippen LogP contribution in [0.15, 0.2) is 24.3 Å². The number of halogens is 1. The Kier molecular flexibility index (Phi) is 6.93. The quantitative estimate of drug-likeness (QED) is 0.506. The maximum atomic E-state index is 5.91. The molecule has 0 amide bonds. The van der Waals surface area contributed by atoms with E-state index in [1.54, 1.807) is 0 Å². The summed E-state index contributed by atoms with van der Waals surface area (Å²) >= 11 is 5.84. The highest BCUT2D eigenvalue weighted by Gasteiger charge is 2.24. The standard InChI is InChI=1S/C14H23ClO2Si/c1-4-5-6-11-16-18(2,3)17-12-13-7-9-14(15)10-8-13/h7-10H,4-6,11-12H2,1-3H3. The Hall–Kier alpha value is -0.353. The molecule has 0 N–H and O–H groups in total. The van der Waals surface area contributed by atoms with Gasteiger partial charge in [0.05, 0.1) is 6.61 Å². The van der Waals surface area contributed by atoms with Crippen LogP contribution in [-0.4, -0.2) is 15.2 Å². The molecular weight excluding hydrogens is 264 g/mol. The molecule has 1 rings (SSSR count). The molecule has 0 bridgehead atoms. The zero-order chi connectivity index (χ0) is 13.4. The summed E-state index contributed by atoms with van der Waals surface area (Å²) in [5.74, 6) is 0. The van der Waals surface area contributed by atoms with Crippen LogP contribution in [-0.2, 0) is 15.5 Å². The van der Waals surface area contributed by atoms with Crippen LogP contribution in [0.1, 0.15) is 31.7 Å². The number of hydrogen-bond acceptors (Lipinski definition) is 2. The first kappa shape index (κ1) is 15.7. The van der Waals surface area contributed by atoms with Crippen LogP contribution < -0.4 is 0 Å². The third kappa shape index (κ3) is 6.54. The highest BCUT2D eigenvalue weighted by atomic mass is 35.5. The van der Waals surface area contributed by atoms with Crippen molar-refractivity contribution in [3.63, 3.8) is 0 Å². The Morgan fingerprint density at radius 1 is 1.06 bits per heavy atom. The molecule has 0 saturated carbocycles. The molecule has 0 unspecified atom stereocenters. The van der Waals surface area contributed by atoms with Crippen molar-refractivity contribution in [2.45, 2.75) is 45.9 Å². The molecular formula is C14H23ClO2Si. The number of unbranched alkanes of at least 4 members (excludes halogenated alkanes) is 2. The molecule has 0 spiro atoms. The summed E-state index contributed by atoms with van der Waals surface area (Å²) in [4.78, 5) is 0. The lowest BCUT2D eigenvalue weighted by Gasteiger charge is -2.23. The van der Waals surface area contributed by atoms with E-state index < -0.39 is 8.56 Å². The van der Waals surface area contributed by atoms with E-state index in [9.17, 15) is 0 Å². The van der Waals surface area contributed by atoms with Gasteiger partial charge in [0.1, 0.15) is 0 Å². The number of rotatable bonds is 8. The minimum Gasteiger partial charge on any atom is -0.395 e. The minimum absolute atomic E-state index is 0.601. The molecule has 1 aromatic rings. The predicted molar refractivity (Wildman–Crippen MR) is 79.2 cm³/mol. The summed E-state index contributed by atoms with van der Waals surface area (Å²) in [5, 5.41) is 0.756. The number of hydrogen-bond donors (Lipinski definition) is 0. The van der Waals surface area contributed by atoms with Gasteiger partial charge in [0.2, 0.25) is 0 Å². The second-order valence-corrected chi connectivity index (χ2v) is 8.68. The average Bonchev–Trinajstić information content (AvgIpc) is 2.34. The Labute approximate surface area is 117 Å². The van der Waals surface area contributed by atoms with Gasteiger partial charge in [0.15, 0.2) is 0 Å². The topological polar surface area (TPSA) is 18.5 Å². The van der Waals surface area contributed by atoms with Crippen molar-refractivity contribution in [2.75, 3.05) is 6.61 Å². The van der Waals surface area contributed by atoms with Gasteiger partial charge < -0.3 is 8.85 Å². The lowest BCUT2D eigenvalue weighted by Crippen LogP contribution is -2.34. The second kappa shape index (κ2) is 7.95. The van der Waals surface area contributed by atoms with E-state index in [2.05, 4.69) is 20.0 Å².